The number of rotatable bonds is 5. The Morgan fingerprint density at radius 2 is 1.85 bits per heavy atom. The summed E-state index contributed by atoms with van der Waals surface area (Å²) < 4.78 is 1.75. The smallest absolute Gasteiger partial charge is 0.335 e. The van der Waals surface area contributed by atoms with E-state index in [9.17, 15) is 14.7 Å². The Bertz CT molecular complexity index is 979. The molecule has 7 heteroatoms. The largest absolute Gasteiger partial charge is 0.478 e. The van der Waals surface area contributed by atoms with E-state index in [0.29, 0.717) is 16.3 Å². The lowest BCUT2D eigenvalue weighted by atomic mass is 10.1. The van der Waals surface area contributed by atoms with Crippen molar-refractivity contribution >= 4 is 34.4 Å². The minimum atomic E-state index is -1.03. The molecule has 0 fully saturated rings. The number of hydrogen-bond acceptors (Lipinski definition) is 3. The number of benzene rings is 2. The van der Waals surface area contributed by atoms with Crippen molar-refractivity contribution in [1.82, 2.24) is 9.88 Å². The molecule has 0 aliphatic heterocycles. The molecule has 0 aliphatic rings. The van der Waals surface area contributed by atoms with Gasteiger partial charge in [-0.25, -0.2) is 4.79 Å². The predicted octanol–water partition coefficient (Wildman–Crippen LogP) is 2.99. The van der Waals surface area contributed by atoms with Crippen molar-refractivity contribution in [3.8, 4) is 0 Å². The van der Waals surface area contributed by atoms with E-state index < -0.39 is 12.0 Å². The van der Waals surface area contributed by atoms with Gasteiger partial charge < -0.3 is 20.1 Å². The topological polar surface area (TPSA) is 91.6 Å². The molecule has 6 nitrogen and oxygen atoms in total. The highest BCUT2D eigenvalue weighted by Gasteiger charge is 2.19. The number of halogens is 1. The SMILES string of the molecule is Cn1c(C(=O)NC(CO)c2ccc(C(=O)O)cc2)cc2cc(Cl)ccc21. The fourth-order valence-corrected chi connectivity index (χ4v) is 3.04. The molecule has 0 bridgehead atoms. The zero-order valence-corrected chi connectivity index (χ0v) is 14.7. The van der Waals surface area contributed by atoms with Crippen molar-refractivity contribution in [2.24, 2.45) is 7.05 Å². The lowest BCUT2D eigenvalue weighted by Crippen LogP contribution is -2.32. The van der Waals surface area contributed by atoms with Crippen LogP contribution in [0.25, 0.3) is 10.9 Å². The zero-order chi connectivity index (χ0) is 18.8. The van der Waals surface area contributed by atoms with Crippen molar-refractivity contribution in [3.63, 3.8) is 0 Å². The third kappa shape index (κ3) is 3.42. The number of aromatic nitrogens is 1. The van der Waals surface area contributed by atoms with Crippen LogP contribution in [0.1, 0.15) is 32.5 Å². The van der Waals surface area contributed by atoms with Gasteiger partial charge in [0.15, 0.2) is 0 Å². The summed E-state index contributed by atoms with van der Waals surface area (Å²) in [6, 6.07) is 12.5. The van der Waals surface area contributed by atoms with Gasteiger partial charge in [0.2, 0.25) is 0 Å². The Labute approximate surface area is 154 Å². The highest BCUT2D eigenvalue weighted by molar-refractivity contribution is 6.31. The second-order valence-corrected chi connectivity index (χ2v) is 6.36. The Morgan fingerprint density at radius 3 is 2.46 bits per heavy atom. The van der Waals surface area contributed by atoms with Gasteiger partial charge in [-0.2, -0.15) is 0 Å². The van der Waals surface area contributed by atoms with Crippen molar-refractivity contribution in [2.75, 3.05) is 6.61 Å². The lowest BCUT2D eigenvalue weighted by molar-refractivity contribution is 0.0696. The fourth-order valence-electron chi connectivity index (χ4n) is 2.86. The first kappa shape index (κ1) is 18.0. The molecule has 3 N–H and O–H groups in total. The molecule has 3 aromatic rings. The number of hydrogen-bond donors (Lipinski definition) is 3. The quantitative estimate of drug-likeness (QED) is 0.642. The molecule has 0 aliphatic carbocycles. The van der Waals surface area contributed by atoms with E-state index in [1.54, 1.807) is 41.9 Å². The number of fused-ring (bicyclic) bond motifs is 1. The molecule has 26 heavy (non-hydrogen) atoms. The van der Waals surface area contributed by atoms with Gasteiger partial charge in [0.05, 0.1) is 18.2 Å². The Balaban J connectivity index is 1.85. The van der Waals surface area contributed by atoms with Gasteiger partial charge in [0.1, 0.15) is 5.69 Å². The standard InChI is InChI=1S/C19H17ClN2O4/c1-22-16-7-6-14(20)8-13(16)9-17(22)18(24)21-15(10-23)11-2-4-12(5-3-11)19(25)26/h2-9,15,23H,10H2,1H3,(H,21,24)(H,25,26). The van der Waals surface area contributed by atoms with Gasteiger partial charge in [-0.1, -0.05) is 23.7 Å². The molecule has 2 aromatic carbocycles. The molecule has 1 unspecified atom stereocenters. The van der Waals surface area contributed by atoms with Crippen LogP contribution in [0, 0.1) is 0 Å². The van der Waals surface area contributed by atoms with Gasteiger partial charge in [-0.3, -0.25) is 4.79 Å². The molecule has 1 heterocycles. The maximum atomic E-state index is 12.7. The van der Waals surface area contributed by atoms with Gasteiger partial charge in [0.25, 0.3) is 5.91 Å². The van der Waals surface area contributed by atoms with E-state index in [4.69, 9.17) is 16.7 Å². The Hall–Kier alpha value is -2.83. The van der Waals surface area contributed by atoms with Gasteiger partial charge in [-0.05, 0) is 42.0 Å². The summed E-state index contributed by atoms with van der Waals surface area (Å²) in [5.74, 6) is -1.38. The van der Waals surface area contributed by atoms with Crippen LogP contribution in [0.2, 0.25) is 5.02 Å². The predicted molar refractivity (Wildman–Crippen MR) is 98.6 cm³/mol. The molecule has 0 saturated carbocycles. The van der Waals surface area contributed by atoms with Crippen LogP contribution in [-0.4, -0.2) is 33.3 Å². The number of carboxylic acids is 1. The molecule has 0 saturated heterocycles. The number of aromatic carboxylic acids is 1. The van der Waals surface area contributed by atoms with E-state index in [2.05, 4.69) is 5.32 Å². The van der Waals surface area contributed by atoms with E-state index in [0.717, 1.165) is 10.9 Å². The number of nitrogens with one attached hydrogen (secondary N) is 1. The van der Waals surface area contributed by atoms with Crippen LogP contribution in [-0.2, 0) is 7.05 Å². The number of aryl methyl sites for hydroxylation is 1. The summed E-state index contributed by atoms with van der Waals surface area (Å²) in [5, 5.41) is 22.8. The molecule has 134 valence electrons. The summed E-state index contributed by atoms with van der Waals surface area (Å²) in [6.45, 7) is -0.312. The third-order valence-electron chi connectivity index (χ3n) is 4.29. The van der Waals surface area contributed by atoms with Crippen LogP contribution in [0.5, 0.6) is 0 Å². The van der Waals surface area contributed by atoms with Crippen LogP contribution in [0.15, 0.2) is 48.5 Å². The van der Waals surface area contributed by atoms with Crippen molar-refractivity contribution in [1.29, 1.82) is 0 Å². The highest BCUT2D eigenvalue weighted by Crippen LogP contribution is 2.23. The zero-order valence-electron chi connectivity index (χ0n) is 13.9. The first-order valence-corrected chi connectivity index (χ1v) is 8.28. The Morgan fingerprint density at radius 1 is 1.15 bits per heavy atom. The van der Waals surface area contributed by atoms with Crippen LogP contribution < -0.4 is 5.32 Å². The Kier molecular flexibility index (Phi) is 4.97. The van der Waals surface area contributed by atoms with Crippen LogP contribution in [0.3, 0.4) is 0 Å². The van der Waals surface area contributed by atoms with Gasteiger partial charge in [0, 0.05) is 23.0 Å². The molecule has 0 spiro atoms. The molecule has 1 aromatic heterocycles. The summed E-state index contributed by atoms with van der Waals surface area (Å²) in [7, 11) is 1.78. The van der Waals surface area contributed by atoms with Crippen molar-refractivity contribution in [2.45, 2.75) is 6.04 Å². The number of amides is 1. The first-order valence-electron chi connectivity index (χ1n) is 7.90. The molecule has 3 rings (SSSR count). The van der Waals surface area contributed by atoms with Crippen LogP contribution in [0.4, 0.5) is 0 Å². The summed E-state index contributed by atoms with van der Waals surface area (Å²) in [6.07, 6.45) is 0. The molecule has 1 atom stereocenters. The number of carbonyl (C=O) groups is 2. The highest BCUT2D eigenvalue weighted by atomic mass is 35.5. The maximum absolute atomic E-state index is 12.7. The summed E-state index contributed by atoms with van der Waals surface area (Å²) in [4.78, 5) is 23.6. The summed E-state index contributed by atoms with van der Waals surface area (Å²) >= 11 is 6.00. The minimum Gasteiger partial charge on any atom is -0.478 e. The average Bonchev–Trinajstić information content (AvgIpc) is 2.95. The lowest BCUT2D eigenvalue weighted by Gasteiger charge is -2.17. The van der Waals surface area contributed by atoms with Gasteiger partial charge >= 0.3 is 5.97 Å². The maximum Gasteiger partial charge on any atom is 0.335 e. The monoisotopic (exact) mass is 372 g/mol. The van der Waals surface area contributed by atoms with Crippen LogP contribution >= 0.6 is 11.6 Å². The molecular formula is C19H17ClN2O4. The normalized spacial score (nSPS) is 12.1. The number of carboxylic acid groups (broad SMARTS) is 1. The summed E-state index contributed by atoms with van der Waals surface area (Å²) in [5.41, 5.74) is 2.06. The molecular weight excluding hydrogens is 356 g/mol. The fraction of sp³-hybridized carbons (Fsp3) is 0.158. The average molecular weight is 373 g/mol. The van der Waals surface area contributed by atoms with Crippen molar-refractivity contribution < 1.29 is 19.8 Å². The second kappa shape index (κ2) is 7.19. The minimum absolute atomic E-state index is 0.141. The van der Waals surface area contributed by atoms with E-state index in [-0.39, 0.29) is 18.1 Å². The molecule has 0 radical (unpaired) electrons. The van der Waals surface area contributed by atoms with Gasteiger partial charge in [-0.15, -0.1) is 0 Å². The number of nitrogens with zero attached hydrogens (tertiary/aromatic N) is 1. The first-order chi connectivity index (χ1) is 12.4. The van der Waals surface area contributed by atoms with E-state index >= 15 is 0 Å². The number of aliphatic hydroxyl groups excluding tert-OH is 1. The second-order valence-electron chi connectivity index (χ2n) is 5.93. The third-order valence-corrected chi connectivity index (χ3v) is 4.52. The number of carbonyl (C=O) groups excluding carboxylic acids is 1. The number of aliphatic hydroxyl groups is 1. The van der Waals surface area contributed by atoms with Crippen molar-refractivity contribution in [3.05, 3.63) is 70.4 Å². The van der Waals surface area contributed by atoms with E-state index in [1.807, 2.05) is 6.07 Å². The van der Waals surface area contributed by atoms with E-state index in [1.165, 1.54) is 12.1 Å². The molecule has 1 amide bonds.